The minimum atomic E-state index is -4.15. The molecule has 0 spiro atoms. The number of alkyl carbamates (subject to hydrolysis) is 1. The number of nitrogens with zero attached hydrogens (tertiary/aromatic N) is 3. The van der Waals surface area contributed by atoms with Gasteiger partial charge in [-0.2, -0.15) is 0 Å². The third kappa shape index (κ3) is 8.97. The van der Waals surface area contributed by atoms with E-state index in [0.29, 0.717) is 55.2 Å². The molecule has 4 amide bonds. The van der Waals surface area contributed by atoms with Gasteiger partial charge >= 0.3 is 6.09 Å². The molecule has 2 aliphatic heterocycles. The average molecular weight is 849 g/mol. The monoisotopic (exact) mass is 848 g/mol. The Morgan fingerprint density at radius 1 is 1.05 bits per heavy atom. The zero-order valence-corrected chi connectivity index (χ0v) is 35.0. The highest BCUT2D eigenvalue weighted by molar-refractivity contribution is 7.91. The van der Waals surface area contributed by atoms with Crippen molar-refractivity contribution in [3.05, 3.63) is 29.7 Å². The predicted molar refractivity (Wildman–Crippen MR) is 209 cm³/mol. The maximum Gasteiger partial charge on any atom is 0.408 e. The van der Waals surface area contributed by atoms with E-state index < -0.39 is 92.8 Å². The molecule has 1 saturated heterocycles. The van der Waals surface area contributed by atoms with E-state index in [1.165, 1.54) is 23.1 Å². The number of amides is 4. The summed E-state index contributed by atoms with van der Waals surface area (Å²) in [6, 6.07) is 1.39. The van der Waals surface area contributed by atoms with Gasteiger partial charge in [-0.1, -0.05) is 53.9 Å². The molecule has 1 aromatic heterocycles. The summed E-state index contributed by atoms with van der Waals surface area (Å²) in [5.41, 5.74) is -1.99. The number of halogens is 3. The van der Waals surface area contributed by atoms with E-state index in [4.69, 9.17) is 14.5 Å². The zero-order valence-electron chi connectivity index (χ0n) is 34.1. The molecule has 18 heteroatoms. The van der Waals surface area contributed by atoms with E-state index in [0.717, 1.165) is 25.7 Å². The summed E-state index contributed by atoms with van der Waals surface area (Å²) >= 11 is 0. The number of carbonyl (C=O) groups excluding carboxylic acids is 4. The van der Waals surface area contributed by atoms with E-state index in [1.54, 1.807) is 20.8 Å². The van der Waals surface area contributed by atoms with Crippen LogP contribution in [0.3, 0.4) is 0 Å². The number of hydrogen-bond donors (Lipinski definition) is 3. The quantitative estimate of drug-likeness (QED) is 0.336. The number of aromatic nitrogens is 2. The van der Waals surface area contributed by atoms with E-state index in [1.807, 2.05) is 4.72 Å². The highest BCUT2D eigenvalue weighted by Gasteiger charge is 2.67. The number of benzene rings is 1. The van der Waals surface area contributed by atoms with Crippen LogP contribution < -0.4 is 20.1 Å². The van der Waals surface area contributed by atoms with Crippen LogP contribution in [0.2, 0.25) is 0 Å². The van der Waals surface area contributed by atoms with Crippen molar-refractivity contribution in [2.75, 3.05) is 6.54 Å². The molecular formula is C41H55F3N6O8S. The van der Waals surface area contributed by atoms with Gasteiger partial charge in [-0.3, -0.25) is 19.1 Å². The number of carbonyl (C=O) groups is 4. The van der Waals surface area contributed by atoms with Crippen LogP contribution in [0.4, 0.5) is 18.0 Å². The number of aryl methyl sites for hydroxylation is 1. The van der Waals surface area contributed by atoms with Crippen molar-refractivity contribution in [3.63, 3.8) is 0 Å². The topological polar surface area (TPSA) is 186 Å². The van der Waals surface area contributed by atoms with Crippen molar-refractivity contribution < 1.29 is 50.2 Å². The SMILES string of the molecule is CC[C@@H]1[C@H]2CCCCCc3nc4ccc(F)cc4nc3O[C@@H]3C[C@@H](C(=O)N[C@]4(C(=O)NS(=O)(=O)C5CC5)CC4C(F)F)N(C3)C(=O)[C@H](C(C)(C)C)NC(=O)O[C@@H]2C[C@@H]1C. The van der Waals surface area contributed by atoms with Crippen LogP contribution in [0.5, 0.6) is 5.88 Å². The van der Waals surface area contributed by atoms with Crippen molar-refractivity contribution in [2.45, 2.75) is 147 Å². The Hall–Kier alpha value is -4.22. The van der Waals surface area contributed by atoms with Crippen LogP contribution in [0, 0.1) is 34.9 Å². The van der Waals surface area contributed by atoms with Crippen LogP contribution in [0.25, 0.3) is 11.0 Å². The Balaban J connectivity index is 1.24. The van der Waals surface area contributed by atoms with Crippen LogP contribution >= 0.6 is 0 Å². The molecular weight excluding hydrogens is 794 g/mol. The lowest BCUT2D eigenvalue weighted by Gasteiger charge is -2.36. The Morgan fingerprint density at radius 2 is 1.80 bits per heavy atom. The summed E-state index contributed by atoms with van der Waals surface area (Å²) < 4.78 is 82.7. The van der Waals surface area contributed by atoms with Gasteiger partial charge in [0.05, 0.1) is 28.7 Å². The second-order valence-corrected chi connectivity index (χ2v) is 20.3. The third-order valence-electron chi connectivity index (χ3n) is 13.0. The van der Waals surface area contributed by atoms with E-state index in [-0.39, 0.29) is 36.4 Å². The Kier molecular flexibility index (Phi) is 11.9. The van der Waals surface area contributed by atoms with Gasteiger partial charge in [-0.25, -0.2) is 36.4 Å². The fourth-order valence-electron chi connectivity index (χ4n) is 9.48. The lowest BCUT2D eigenvalue weighted by molar-refractivity contribution is -0.143. The fraction of sp³-hybridized carbons (Fsp3) is 0.707. The third-order valence-corrected chi connectivity index (χ3v) is 14.8. The molecule has 3 N–H and O–H groups in total. The van der Waals surface area contributed by atoms with E-state index in [9.17, 15) is 40.8 Å². The number of nitrogens with one attached hydrogen (secondary N) is 3. The molecule has 14 nitrogen and oxygen atoms in total. The summed E-state index contributed by atoms with van der Waals surface area (Å²) in [4.78, 5) is 66.9. The van der Waals surface area contributed by atoms with Gasteiger partial charge in [0, 0.05) is 12.5 Å². The number of rotatable bonds is 7. The van der Waals surface area contributed by atoms with E-state index >= 15 is 0 Å². The molecule has 3 aliphatic carbocycles. The van der Waals surface area contributed by atoms with Gasteiger partial charge in [0.1, 0.15) is 41.3 Å². The number of alkyl halides is 2. The smallest absolute Gasteiger partial charge is 0.408 e. The molecule has 5 aliphatic rings. The van der Waals surface area contributed by atoms with Crippen molar-refractivity contribution in [1.82, 2.24) is 30.2 Å². The molecule has 324 valence electrons. The highest BCUT2D eigenvalue weighted by Crippen LogP contribution is 2.49. The molecule has 9 atom stereocenters. The number of ether oxygens (including phenoxy) is 2. The first-order valence-electron chi connectivity index (χ1n) is 20.9. The normalized spacial score (nSPS) is 31.9. The summed E-state index contributed by atoms with van der Waals surface area (Å²) in [5, 5.41) is 4.38. The maximum atomic E-state index is 14.8. The van der Waals surface area contributed by atoms with Gasteiger partial charge in [0.15, 0.2) is 0 Å². The van der Waals surface area contributed by atoms with Gasteiger partial charge in [0.2, 0.25) is 34.1 Å². The van der Waals surface area contributed by atoms with Crippen LogP contribution in [0.1, 0.15) is 105 Å². The molecule has 3 saturated carbocycles. The number of sulfonamides is 1. The van der Waals surface area contributed by atoms with E-state index in [2.05, 4.69) is 29.5 Å². The Bertz CT molecular complexity index is 2080. The minimum absolute atomic E-state index is 0.0913. The largest absolute Gasteiger partial charge is 0.471 e. The molecule has 4 fully saturated rings. The van der Waals surface area contributed by atoms with Crippen molar-refractivity contribution in [2.24, 2.45) is 29.1 Å². The lowest BCUT2D eigenvalue weighted by Crippen LogP contribution is -2.60. The van der Waals surface area contributed by atoms with Gasteiger partial charge in [-0.15, -0.1) is 0 Å². The summed E-state index contributed by atoms with van der Waals surface area (Å²) in [7, 11) is -4.15. The second-order valence-electron chi connectivity index (χ2n) is 18.3. The molecule has 59 heavy (non-hydrogen) atoms. The molecule has 1 unspecified atom stereocenters. The molecule has 1 aromatic carbocycles. The predicted octanol–water partition coefficient (Wildman–Crippen LogP) is 5.17. The van der Waals surface area contributed by atoms with Crippen LogP contribution in [0.15, 0.2) is 18.2 Å². The number of fused-ring (bicyclic) bond motifs is 5. The van der Waals surface area contributed by atoms with Crippen LogP contribution in [-0.2, 0) is 35.6 Å². The fourth-order valence-corrected chi connectivity index (χ4v) is 10.8. The number of hydrogen-bond acceptors (Lipinski definition) is 10. The van der Waals surface area contributed by atoms with Gasteiger partial charge < -0.3 is 25.0 Å². The second kappa shape index (κ2) is 16.3. The van der Waals surface area contributed by atoms with Crippen molar-refractivity contribution >= 4 is 44.9 Å². The lowest BCUT2D eigenvalue weighted by atomic mass is 9.84. The minimum Gasteiger partial charge on any atom is -0.471 e. The average Bonchev–Trinajstić information content (AvgIpc) is 4.07. The van der Waals surface area contributed by atoms with Crippen molar-refractivity contribution in [1.29, 1.82) is 0 Å². The maximum absolute atomic E-state index is 14.8. The standard InChI is InChI=1S/C41H55F3N6O8S/c1-6-25-21(2)16-32-26(25)10-8-7-9-11-29-36(46-30-17-22(42)12-15-28(30)45-29)57-23-18-31(50(20-23)37(52)33(40(3,4)5)47-39(54)58-32)35(51)48-41(19-27(41)34(43)44)38(53)49-59(55,56)24-13-14-24/h12,15,17,21,23-27,31-34H,6-11,13-14,16,18-20H2,1-5H3,(H,47,54)(H,48,51)(H,49,53)/t21-,23+,25-,26+,27?,31-,32+,33+,41+/m0/s1. The zero-order chi connectivity index (χ0) is 42.6. The first kappa shape index (κ1) is 42.9. The Morgan fingerprint density at radius 3 is 2.46 bits per heavy atom. The summed E-state index contributed by atoms with van der Waals surface area (Å²) in [6.07, 6.45) is 0.0510. The van der Waals surface area contributed by atoms with Gasteiger partial charge in [0.25, 0.3) is 5.91 Å². The van der Waals surface area contributed by atoms with Gasteiger partial charge in [-0.05, 0) is 80.2 Å². The Labute approximate surface area is 342 Å². The summed E-state index contributed by atoms with van der Waals surface area (Å²) in [5.74, 6) is -4.30. The molecule has 3 heterocycles. The van der Waals surface area contributed by atoms with Crippen LogP contribution in [-0.4, -0.2) is 95.2 Å². The molecule has 2 bridgehead atoms. The molecule has 7 rings (SSSR count). The van der Waals surface area contributed by atoms with Crippen molar-refractivity contribution in [3.8, 4) is 5.88 Å². The molecule has 2 aromatic rings. The highest BCUT2D eigenvalue weighted by atomic mass is 32.2. The molecule has 0 radical (unpaired) electrons. The first-order chi connectivity index (χ1) is 27.8. The summed E-state index contributed by atoms with van der Waals surface area (Å²) in [6.45, 7) is 9.28. The first-order valence-corrected chi connectivity index (χ1v) is 22.4.